The largest absolute Gasteiger partial charge is 0.457 e. The number of benzene rings is 2. The van der Waals surface area contributed by atoms with E-state index in [9.17, 15) is 4.79 Å². The quantitative estimate of drug-likeness (QED) is 0.736. The molecule has 0 aliphatic carbocycles. The van der Waals surface area contributed by atoms with Gasteiger partial charge < -0.3 is 20.1 Å². The van der Waals surface area contributed by atoms with Crippen LogP contribution in [0.4, 0.5) is 5.69 Å². The zero-order valence-corrected chi connectivity index (χ0v) is 13.5. The van der Waals surface area contributed by atoms with E-state index in [1.807, 2.05) is 55.5 Å². The molecule has 0 atom stereocenters. The van der Waals surface area contributed by atoms with Gasteiger partial charge in [0, 0.05) is 19.3 Å². The molecule has 5 nitrogen and oxygen atoms in total. The summed E-state index contributed by atoms with van der Waals surface area (Å²) in [6.07, 6.45) is 0. The van der Waals surface area contributed by atoms with Gasteiger partial charge in [-0.2, -0.15) is 0 Å². The fourth-order valence-electron chi connectivity index (χ4n) is 2.00. The Morgan fingerprint density at radius 1 is 1.09 bits per heavy atom. The number of rotatable bonds is 8. The van der Waals surface area contributed by atoms with Gasteiger partial charge in [-0.1, -0.05) is 12.1 Å². The smallest absolute Gasteiger partial charge is 0.238 e. The lowest BCUT2D eigenvalue weighted by molar-refractivity contribution is -0.115. The number of anilines is 1. The molecule has 0 saturated heterocycles. The first kappa shape index (κ1) is 17.0. The summed E-state index contributed by atoms with van der Waals surface area (Å²) in [4.78, 5) is 11.7. The molecule has 2 aromatic carbocycles. The fourth-order valence-corrected chi connectivity index (χ4v) is 2.00. The number of carbonyl (C=O) groups is 1. The van der Waals surface area contributed by atoms with Crippen LogP contribution in [-0.4, -0.2) is 32.7 Å². The summed E-state index contributed by atoms with van der Waals surface area (Å²) < 4.78 is 10.7. The van der Waals surface area contributed by atoms with E-state index in [2.05, 4.69) is 10.6 Å². The van der Waals surface area contributed by atoms with E-state index < -0.39 is 0 Å². The Balaban J connectivity index is 1.83. The van der Waals surface area contributed by atoms with Gasteiger partial charge in [-0.3, -0.25) is 4.79 Å². The van der Waals surface area contributed by atoms with Crippen molar-refractivity contribution in [1.82, 2.24) is 5.32 Å². The molecule has 0 radical (unpaired) electrons. The molecule has 0 bridgehead atoms. The molecule has 23 heavy (non-hydrogen) atoms. The Bertz CT molecular complexity index is 626. The first-order chi connectivity index (χ1) is 11.2. The van der Waals surface area contributed by atoms with Crippen LogP contribution < -0.4 is 15.4 Å². The highest BCUT2D eigenvalue weighted by molar-refractivity contribution is 5.92. The Kier molecular flexibility index (Phi) is 6.59. The second kappa shape index (κ2) is 8.92. The van der Waals surface area contributed by atoms with Crippen molar-refractivity contribution in [1.29, 1.82) is 0 Å². The maximum absolute atomic E-state index is 11.7. The zero-order chi connectivity index (χ0) is 16.5. The predicted molar refractivity (Wildman–Crippen MR) is 91.1 cm³/mol. The lowest BCUT2D eigenvalue weighted by Gasteiger charge is -2.09. The third-order valence-electron chi connectivity index (χ3n) is 3.13. The predicted octanol–water partition coefficient (Wildman–Crippen LogP) is 2.96. The Morgan fingerprint density at radius 3 is 2.57 bits per heavy atom. The summed E-state index contributed by atoms with van der Waals surface area (Å²) in [7, 11) is 1.63. The van der Waals surface area contributed by atoms with Crippen molar-refractivity contribution in [2.45, 2.75) is 6.92 Å². The molecule has 0 fully saturated rings. The van der Waals surface area contributed by atoms with Crippen molar-refractivity contribution in [3.8, 4) is 11.5 Å². The molecule has 5 heteroatoms. The molecule has 122 valence electrons. The Hall–Kier alpha value is -2.37. The third kappa shape index (κ3) is 6.10. The minimum Gasteiger partial charge on any atom is -0.457 e. The second-order valence-electron chi connectivity index (χ2n) is 5.16. The van der Waals surface area contributed by atoms with Crippen LogP contribution in [0.1, 0.15) is 5.56 Å². The lowest BCUT2D eigenvalue weighted by atomic mass is 10.2. The summed E-state index contributed by atoms with van der Waals surface area (Å²) in [5.41, 5.74) is 1.88. The molecule has 1 amide bonds. The van der Waals surface area contributed by atoms with E-state index in [0.717, 1.165) is 22.7 Å². The molecular weight excluding hydrogens is 292 g/mol. The van der Waals surface area contributed by atoms with E-state index >= 15 is 0 Å². The molecule has 2 aromatic rings. The number of hydrogen-bond acceptors (Lipinski definition) is 4. The average molecular weight is 314 g/mol. The third-order valence-corrected chi connectivity index (χ3v) is 3.13. The highest BCUT2D eigenvalue weighted by Crippen LogP contribution is 2.23. The van der Waals surface area contributed by atoms with E-state index in [1.165, 1.54) is 0 Å². The van der Waals surface area contributed by atoms with Gasteiger partial charge in [0.1, 0.15) is 11.5 Å². The van der Waals surface area contributed by atoms with Crippen LogP contribution in [0, 0.1) is 6.92 Å². The highest BCUT2D eigenvalue weighted by atomic mass is 16.5. The fraction of sp³-hybridized carbons (Fsp3) is 0.278. The SMILES string of the molecule is COCCNCC(=O)Nc1ccc(Oc2cccc(C)c2)cc1. The first-order valence-corrected chi connectivity index (χ1v) is 7.51. The van der Waals surface area contributed by atoms with Gasteiger partial charge in [0.15, 0.2) is 0 Å². The number of aryl methyl sites for hydroxylation is 1. The molecule has 0 spiro atoms. The minimum absolute atomic E-state index is 0.0894. The Morgan fingerprint density at radius 2 is 1.87 bits per heavy atom. The molecular formula is C18H22N2O3. The van der Waals surface area contributed by atoms with Crippen LogP contribution in [0.15, 0.2) is 48.5 Å². The molecule has 0 saturated carbocycles. The summed E-state index contributed by atoms with van der Waals surface area (Å²) in [5, 5.41) is 5.82. The van der Waals surface area contributed by atoms with Gasteiger partial charge in [-0.25, -0.2) is 0 Å². The van der Waals surface area contributed by atoms with Gasteiger partial charge in [0.2, 0.25) is 5.91 Å². The van der Waals surface area contributed by atoms with Crippen molar-refractivity contribution in [3.05, 3.63) is 54.1 Å². The maximum Gasteiger partial charge on any atom is 0.238 e. The highest BCUT2D eigenvalue weighted by Gasteiger charge is 2.03. The van der Waals surface area contributed by atoms with E-state index in [4.69, 9.17) is 9.47 Å². The topological polar surface area (TPSA) is 59.6 Å². The van der Waals surface area contributed by atoms with Crippen molar-refractivity contribution in [2.24, 2.45) is 0 Å². The van der Waals surface area contributed by atoms with Crippen LogP contribution >= 0.6 is 0 Å². The molecule has 2 rings (SSSR count). The number of methoxy groups -OCH3 is 1. The number of ether oxygens (including phenoxy) is 2. The van der Waals surface area contributed by atoms with E-state index in [0.29, 0.717) is 13.2 Å². The van der Waals surface area contributed by atoms with Crippen LogP contribution in [0.2, 0.25) is 0 Å². The second-order valence-corrected chi connectivity index (χ2v) is 5.16. The van der Waals surface area contributed by atoms with Crippen LogP contribution in [0.5, 0.6) is 11.5 Å². The summed E-state index contributed by atoms with van der Waals surface area (Å²) in [5.74, 6) is 1.43. The van der Waals surface area contributed by atoms with Gasteiger partial charge in [0.25, 0.3) is 0 Å². The molecule has 0 unspecified atom stereocenters. The van der Waals surface area contributed by atoms with Crippen LogP contribution in [-0.2, 0) is 9.53 Å². The monoisotopic (exact) mass is 314 g/mol. The Labute approximate surface area is 136 Å². The average Bonchev–Trinajstić information content (AvgIpc) is 2.54. The number of carbonyl (C=O) groups excluding carboxylic acids is 1. The number of nitrogens with one attached hydrogen (secondary N) is 2. The molecule has 2 N–H and O–H groups in total. The van der Waals surface area contributed by atoms with Crippen molar-refractivity contribution < 1.29 is 14.3 Å². The maximum atomic E-state index is 11.7. The van der Waals surface area contributed by atoms with Gasteiger partial charge >= 0.3 is 0 Å². The number of amides is 1. The lowest BCUT2D eigenvalue weighted by Crippen LogP contribution is -2.30. The first-order valence-electron chi connectivity index (χ1n) is 7.51. The summed E-state index contributed by atoms with van der Waals surface area (Å²) in [6, 6.07) is 15.2. The molecule has 0 aliphatic heterocycles. The molecule has 0 aliphatic rings. The van der Waals surface area contributed by atoms with Crippen LogP contribution in [0.3, 0.4) is 0 Å². The standard InChI is InChI=1S/C18H22N2O3/c1-14-4-3-5-17(12-14)23-16-8-6-15(7-9-16)20-18(21)13-19-10-11-22-2/h3-9,12,19H,10-11,13H2,1-2H3,(H,20,21). The molecule has 0 aromatic heterocycles. The van der Waals surface area contributed by atoms with Gasteiger partial charge in [-0.15, -0.1) is 0 Å². The van der Waals surface area contributed by atoms with Gasteiger partial charge in [-0.05, 0) is 48.9 Å². The normalized spacial score (nSPS) is 10.3. The summed E-state index contributed by atoms with van der Waals surface area (Å²) in [6.45, 7) is 3.50. The number of hydrogen-bond donors (Lipinski definition) is 2. The summed E-state index contributed by atoms with van der Waals surface area (Å²) >= 11 is 0. The van der Waals surface area contributed by atoms with Crippen molar-refractivity contribution in [2.75, 3.05) is 32.1 Å². The van der Waals surface area contributed by atoms with Crippen LogP contribution in [0.25, 0.3) is 0 Å². The van der Waals surface area contributed by atoms with Gasteiger partial charge in [0.05, 0.1) is 13.2 Å². The van der Waals surface area contributed by atoms with Crippen molar-refractivity contribution >= 4 is 11.6 Å². The molecule has 0 heterocycles. The van der Waals surface area contributed by atoms with Crippen molar-refractivity contribution in [3.63, 3.8) is 0 Å². The van der Waals surface area contributed by atoms with E-state index in [1.54, 1.807) is 7.11 Å². The van der Waals surface area contributed by atoms with E-state index in [-0.39, 0.29) is 12.5 Å². The minimum atomic E-state index is -0.0894. The zero-order valence-electron chi connectivity index (χ0n) is 13.5.